The summed E-state index contributed by atoms with van der Waals surface area (Å²) in [6.45, 7) is 11.4. The Bertz CT molecular complexity index is 3980. The van der Waals surface area contributed by atoms with Crippen LogP contribution in [0.3, 0.4) is 0 Å². The van der Waals surface area contributed by atoms with Gasteiger partial charge in [0.1, 0.15) is 57.9 Å². The lowest BCUT2D eigenvalue weighted by atomic mass is 9.70. The van der Waals surface area contributed by atoms with E-state index < -0.39 is 167 Å². The monoisotopic (exact) mass is 1380 g/mol. The SMILES string of the molecule is COc1cccc2c1C(=O)c1c(O)c3c(c(O)c1C2=O)C[C@@](O)(C(=O)C(C)C)C[C@@H]3OC1C[C@H]2[C@H](O[C@@H]3[C@@H](OC)OCCN32)[C@H](C)O1.COc1cccc2c1C(=O)c1c(O)c3c(c(O)c1C2=O)C[C@@](O)(C(CO)=NCC(=O)C(C)C)C[C@@H]3OC1C[C@H]2[C@H](O[C@@H]3[C@@H](OC)OCCN32)[C@H](C)O1. The zero-order valence-corrected chi connectivity index (χ0v) is 56.5. The summed E-state index contributed by atoms with van der Waals surface area (Å²) in [5.41, 5.74) is -6.00. The Morgan fingerprint density at radius 2 is 1.01 bits per heavy atom. The highest BCUT2D eigenvalue weighted by Gasteiger charge is 2.58. The zero-order chi connectivity index (χ0) is 70.7. The van der Waals surface area contributed by atoms with E-state index >= 15 is 0 Å². The first kappa shape index (κ1) is 70.2. The van der Waals surface area contributed by atoms with Crippen LogP contribution in [0, 0.1) is 11.8 Å². The molecule has 6 fully saturated rings. The molecule has 0 amide bonds. The second-order valence-electron chi connectivity index (χ2n) is 27.5. The highest BCUT2D eigenvalue weighted by Crippen LogP contribution is 2.56. The molecule has 6 aliphatic heterocycles. The summed E-state index contributed by atoms with van der Waals surface area (Å²) in [7, 11) is 5.82. The molecule has 0 spiro atoms. The van der Waals surface area contributed by atoms with Crippen LogP contribution in [0.4, 0.5) is 0 Å². The maximum absolute atomic E-state index is 14.1. The molecule has 4 aromatic rings. The number of aliphatic imine (C=N–C) groups is 1. The van der Waals surface area contributed by atoms with E-state index in [4.69, 9.17) is 56.8 Å². The molecule has 4 aliphatic carbocycles. The van der Waals surface area contributed by atoms with Crippen molar-refractivity contribution in [3.63, 3.8) is 0 Å². The van der Waals surface area contributed by atoms with E-state index in [1.807, 2.05) is 13.8 Å². The number of carbonyl (C=O) groups excluding carboxylic acids is 6. The van der Waals surface area contributed by atoms with E-state index in [1.54, 1.807) is 48.0 Å². The summed E-state index contributed by atoms with van der Waals surface area (Å²) in [5, 5.41) is 82.0. The lowest BCUT2D eigenvalue weighted by Gasteiger charge is -2.44. The van der Waals surface area contributed by atoms with Crippen LogP contribution in [0.25, 0.3) is 0 Å². The fourth-order valence-corrected chi connectivity index (χ4v) is 16.3. The van der Waals surface area contributed by atoms with Crippen LogP contribution >= 0.6 is 0 Å². The van der Waals surface area contributed by atoms with E-state index in [9.17, 15) is 64.5 Å². The number of phenolic OH excluding ortho intramolecular Hbond substituents is 4. The molecule has 0 bridgehead atoms. The molecule has 4 aromatic carbocycles. The van der Waals surface area contributed by atoms with Crippen LogP contribution in [-0.2, 0) is 69.8 Å². The third-order valence-corrected chi connectivity index (χ3v) is 21.1. The van der Waals surface area contributed by atoms with Crippen LogP contribution in [0.5, 0.6) is 34.5 Å². The average molecular weight is 1380 g/mol. The van der Waals surface area contributed by atoms with Crippen molar-refractivity contribution in [3.05, 3.63) is 103 Å². The molecular weight excluding hydrogens is 1290 g/mol. The quantitative estimate of drug-likeness (QED) is 0.0560. The molecule has 0 radical (unpaired) electrons. The van der Waals surface area contributed by atoms with E-state index in [0.717, 1.165) is 0 Å². The number of hydrogen-bond acceptors (Lipinski definition) is 28. The number of carbonyl (C=O) groups is 6. The van der Waals surface area contributed by atoms with Crippen LogP contribution in [0.1, 0.15) is 165 Å². The minimum atomic E-state index is -2.01. The second kappa shape index (κ2) is 26.9. The van der Waals surface area contributed by atoms with Crippen molar-refractivity contribution >= 4 is 40.4 Å². The Labute approximate surface area is 569 Å². The third-order valence-electron chi connectivity index (χ3n) is 21.1. The van der Waals surface area contributed by atoms with Gasteiger partial charge in [0.2, 0.25) is 11.6 Å². The number of hydrogen-bond donors (Lipinski definition) is 7. The number of phenols is 4. The van der Waals surface area contributed by atoms with Gasteiger partial charge in [0.05, 0.1) is 104 Å². The smallest absolute Gasteiger partial charge is 0.202 e. The average Bonchev–Trinajstić information content (AvgIpc) is 1.53. The molecule has 6 saturated heterocycles. The number of rotatable bonds is 15. The zero-order valence-electron chi connectivity index (χ0n) is 56.5. The van der Waals surface area contributed by atoms with Crippen molar-refractivity contribution in [1.82, 2.24) is 9.80 Å². The maximum Gasteiger partial charge on any atom is 0.202 e. The highest BCUT2D eigenvalue weighted by atomic mass is 16.7. The van der Waals surface area contributed by atoms with Crippen LogP contribution < -0.4 is 9.47 Å². The third kappa shape index (κ3) is 11.7. The molecule has 6 heterocycles. The van der Waals surface area contributed by atoms with Gasteiger partial charge in [-0.1, -0.05) is 52.0 Å². The van der Waals surface area contributed by atoms with Gasteiger partial charge in [0, 0.05) is 123 Å². The number of morpholine rings is 2. The first-order chi connectivity index (χ1) is 47.2. The number of aliphatic hydroxyl groups is 3. The predicted molar refractivity (Wildman–Crippen MR) is 342 cm³/mol. The molecule has 28 heteroatoms. The Morgan fingerprint density at radius 1 is 0.586 bits per heavy atom. The fraction of sp³-hybridized carbons (Fsp3) is 0.563. The van der Waals surface area contributed by atoms with Gasteiger partial charge in [-0.2, -0.15) is 0 Å². The molecular formula is C71H83N3O25. The van der Waals surface area contributed by atoms with Gasteiger partial charge in [-0.15, -0.1) is 0 Å². The molecule has 2 unspecified atom stereocenters. The Balaban J connectivity index is 0.000000179. The molecule has 14 rings (SSSR count). The Morgan fingerprint density at radius 3 is 1.41 bits per heavy atom. The summed E-state index contributed by atoms with van der Waals surface area (Å²) in [6.07, 6.45) is -8.68. The van der Waals surface area contributed by atoms with Crippen LogP contribution in [0.2, 0.25) is 0 Å². The van der Waals surface area contributed by atoms with E-state index in [-0.39, 0.29) is 123 Å². The summed E-state index contributed by atoms with van der Waals surface area (Å²) in [6, 6.07) is 8.69. The molecule has 7 N–H and O–H groups in total. The van der Waals surface area contributed by atoms with Crippen molar-refractivity contribution in [1.29, 1.82) is 0 Å². The molecule has 16 atom stereocenters. The lowest BCUT2D eigenvalue weighted by molar-refractivity contribution is -0.256. The summed E-state index contributed by atoms with van der Waals surface area (Å²) >= 11 is 0. The van der Waals surface area contributed by atoms with E-state index in [0.29, 0.717) is 39.1 Å². The van der Waals surface area contributed by atoms with Crippen molar-refractivity contribution in [3.8, 4) is 34.5 Å². The van der Waals surface area contributed by atoms with Crippen molar-refractivity contribution in [2.45, 2.75) is 178 Å². The van der Waals surface area contributed by atoms with E-state index in [1.165, 1.54) is 44.6 Å². The molecule has 532 valence electrons. The van der Waals surface area contributed by atoms with Gasteiger partial charge in [-0.05, 0) is 26.0 Å². The number of aliphatic hydroxyl groups excluding tert-OH is 1. The first-order valence-corrected chi connectivity index (χ1v) is 33.4. The highest BCUT2D eigenvalue weighted by molar-refractivity contribution is 6.32. The van der Waals surface area contributed by atoms with Gasteiger partial charge in [0.15, 0.2) is 60.7 Å². The summed E-state index contributed by atoms with van der Waals surface area (Å²) in [4.78, 5) is 90.3. The van der Waals surface area contributed by atoms with Crippen molar-refractivity contribution in [2.75, 3.05) is 67.9 Å². The van der Waals surface area contributed by atoms with Gasteiger partial charge in [-0.25, -0.2) is 0 Å². The maximum atomic E-state index is 14.1. The van der Waals surface area contributed by atoms with Crippen LogP contribution in [-0.4, -0.2) is 239 Å². The van der Waals surface area contributed by atoms with Crippen molar-refractivity contribution < 1.29 is 121 Å². The van der Waals surface area contributed by atoms with Crippen molar-refractivity contribution in [2.24, 2.45) is 16.8 Å². The number of aromatic hydroxyl groups is 4. The largest absolute Gasteiger partial charge is 0.507 e. The lowest BCUT2D eigenvalue weighted by Crippen LogP contribution is -2.55. The van der Waals surface area contributed by atoms with Crippen LogP contribution in [0.15, 0.2) is 41.4 Å². The Kier molecular flexibility index (Phi) is 19.1. The number of ether oxygens (including phenoxy) is 12. The number of methoxy groups -OCH3 is 4. The fourth-order valence-electron chi connectivity index (χ4n) is 16.3. The number of Topliss-reactive ketones (excluding diaryl/α,β-unsaturated/α-hetero) is 2. The molecule has 99 heavy (non-hydrogen) atoms. The number of benzene rings is 4. The van der Waals surface area contributed by atoms with Gasteiger partial charge < -0.3 is 92.6 Å². The van der Waals surface area contributed by atoms with Gasteiger partial charge in [-0.3, -0.25) is 43.6 Å². The number of ketones is 6. The number of nitrogens with zero attached hydrogens (tertiary/aromatic N) is 3. The number of fused-ring (bicyclic) bond motifs is 12. The summed E-state index contributed by atoms with van der Waals surface area (Å²) < 4.78 is 71.5. The Hall–Kier alpha value is -7.23. The standard InChI is InChI=1S/C37H44N2O13.C34H39NO12/c1-16(2)21(41)14-38-24(15-40)37(46)12-19-27(33(45)29-28(31(19)43)30(42)18-7-6-8-22(47-4)26(18)32(29)44)23(13-37)51-25-11-20-34(17(3)50-25)52-35-36(48-5)49-10-9-39(20)35;1-14(2)31(40)34(41)12-17-23(29(39)25-24(27(17)37)26(36)16-7-6-8-19(42-4)22(16)28(25)38)20(13-34)46-21-11-18-30(15(3)45-21)47-32-33(43-5)44-10-9-35(18)32/h6-8,16-17,20,23,25,34-36,40,43,45-46H,9-15H2,1-5H3;6-8,14-15,18,20-21,30,32-33,37,39,41H,9-13H2,1-5H3/t17-,20-,23-,25?,34+,35+,36-,37-;15-,18-,20-,21?,30+,32+,33-,34-/m00/s1. The molecule has 0 aromatic heterocycles. The first-order valence-electron chi connectivity index (χ1n) is 33.4. The predicted octanol–water partition coefficient (Wildman–Crippen LogP) is 4.18. The molecule has 0 saturated carbocycles. The second-order valence-corrected chi connectivity index (χ2v) is 27.5. The van der Waals surface area contributed by atoms with E-state index in [2.05, 4.69) is 14.8 Å². The minimum absolute atomic E-state index is 0.00341. The topological polar surface area (TPSA) is 374 Å². The molecule has 28 nitrogen and oxygen atoms in total. The summed E-state index contributed by atoms with van der Waals surface area (Å²) in [5.74, 6) is -6.61. The normalized spacial score (nSPS) is 32.3. The van der Waals surface area contributed by atoms with Gasteiger partial charge in [0.25, 0.3) is 0 Å². The molecule has 10 aliphatic rings. The van der Waals surface area contributed by atoms with Gasteiger partial charge >= 0.3 is 0 Å². The minimum Gasteiger partial charge on any atom is -0.507 e.